The molecule has 0 bridgehead atoms. The Balaban J connectivity index is 2.37. The molecule has 0 spiro atoms. The van der Waals surface area contributed by atoms with Gasteiger partial charge in [-0.05, 0) is 5.56 Å². The second-order valence-corrected chi connectivity index (χ2v) is 4.14. The van der Waals surface area contributed by atoms with Crippen LogP contribution in [0.1, 0.15) is 0 Å². The van der Waals surface area contributed by atoms with Crippen molar-refractivity contribution >= 4 is 22.6 Å². The van der Waals surface area contributed by atoms with Crippen molar-refractivity contribution in [2.75, 3.05) is 12.8 Å². The van der Waals surface area contributed by atoms with Crippen LogP contribution >= 0.6 is 11.3 Å². The number of nitrogens with two attached hydrogens (primary N) is 1. The molecule has 2 rings (SSSR count). The number of carbonyl (C=O) groups excluding carboxylic acids is 1. The normalized spacial score (nSPS) is 9.94. The zero-order chi connectivity index (χ0) is 12.3. The quantitative estimate of drug-likeness (QED) is 0.829. The number of hydrogen-bond acceptors (Lipinski definition) is 6. The number of benzene rings is 1. The third kappa shape index (κ3) is 2.54. The molecule has 1 aromatic carbocycles. The maximum absolute atomic E-state index is 11.1. The van der Waals surface area contributed by atoms with Crippen LogP contribution in [-0.2, 0) is 4.74 Å². The van der Waals surface area contributed by atoms with Crippen molar-refractivity contribution in [3.8, 4) is 16.3 Å². The third-order valence-electron chi connectivity index (χ3n) is 2.00. The van der Waals surface area contributed by atoms with E-state index in [-0.39, 0.29) is 5.88 Å². The lowest BCUT2D eigenvalue weighted by molar-refractivity contribution is 0.120. The highest BCUT2D eigenvalue weighted by Gasteiger charge is 2.16. The minimum atomic E-state index is -0.813. The van der Waals surface area contributed by atoms with Crippen molar-refractivity contribution in [3.05, 3.63) is 30.3 Å². The number of rotatable bonds is 2. The monoisotopic (exact) mass is 250 g/mol. The first-order valence-electron chi connectivity index (χ1n) is 4.78. The molecule has 17 heavy (non-hydrogen) atoms. The molecule has 1 aromatic heterocycles. The molecule has 0 saturated heterocycles. The smallest absolute Gasteiger partial charge is 0.437 e. The van der Waals surface area contributed by atoms with Gasteiger partial charge in [0.25, 0.3) is 0 Å². The predicted molar refractivity (Wildman–Crippen MR) is 65.0 cm³/mol. The van der Waals surface area contributed by atoms with E-state index in [9.17, 15) is 4.79 Å². The van der Waals surface area contributed by atoms with E-state index in [2.05, 4.69) is 9.72 Å². The van der Waals surface area contributed by atoms with Gasteiger partial charge in [0.05, 0.1) is 7.11 Å². The molecule has 0 atom stereocenters. The van der Waals surface area contributed by atoms with E-state index in [1.54, 1.807) is 0 Å². The fourth-order valence-electron chi connectivity index (χ4n) is 1.28. The van der Waals surface area contributed by atoms with Crippen molar-refractivity contribution in [2.24, 2.45) is 0 Å². The van der Waals surface area contributed by atoms with Gasteiger partial charge >= 0.3 is 6.16 Å². The van der Waals surface area contributed by atoms with Gasteiger partial charge in [-0.1, -0.05) is 41.7 Å². The molecular formula is C11H10N2O3S. The first-order valence-corrected chi connectivity index (χ1v) is 5.60. The average molecular weight is 250 g/mol. The second kappa shape index (κ2) is 4.84. The summed E-state index contributed by atoms with van der Waals surface area (Å²) in [5, 5.41) is 0.336. The Kier molecular flexibility index (Phi) is 3.24. The minimum Gasteiger partial charge on any atom is -0.437 e. The van der Waals surface area contributed by atoms with E-state index in [1.165, 1.54) is 18.4 Å². The summed E-state index contributed by atoms with van der Waals surface area (Å²) in [6.45, 7) is 0. The number of carbonyl (C=O) groups is 1. The number of anilines is 1. The highest BCUT2D eigenvalue weighted by molar-refractivity contribution is 7.19. The van der Waals surface area contributed by atoms with Crippen LogP contribution in [0.5, 0.6) is 5.88 Å². The van der Waals surface area contributed by atoms with Crippen LogP contribution in [0, 0.1) is 0 Å². The van der Waals surface area contributed by atoms with Crippen molar-refractivity contribution in [2.45, 2.75) is 0 Å². The van der Waals surface area contributed by atoms with E-state index in [4.69, 9.17) is 10.5 Å². The average Bonchev–Trinajstić information content (AvgIpc) is 2.71. The van der Waals surface area contributed by atoms with Crippen LogP contribution < -0.4 is 10.5 Å². The van der Waals surface area contributed by atoms with Crippen molar-refractivity contribution < 1.29 is 14.3 Å². The number of ether oxygens (including phenoxy) is 2. The molecule has 0 aliphatic rings. The molecule has 0 saturated carbocycles. The standard InChI is InChI=1S/C11H10N2O3S/c1-15-11(14)16-9-8(17-10(12)13-9)7-5-3-2-4-6-7/h2-6H,1H3,(H2,12,13). The number of hydrogen-bond donors (Lipinski definition) is 1. The van der Waals surface area contributed by atoms with Crippen molar-refractivity contribution in [1.82, 2.24) is 4.98 Å². The number of methoxy groups -OCH3 is 1. The number of aromatic nitrogens is 1. The van der Waals surface area contributed by atoms with Gasteiger partial charge in [0.2, 0.25) is 5.88 Å². The van der Waals surface area contributed by atoms with E-state index in [0.717, 1.165) is 5.56 Å². The lowest BCUT2D eigenvalue weighted by Crippen LogP contribution is -2.08. The highest BCUT2D eigenvalue weighted by Crippen LogP contribution is 2.36. The van der Waals surface area contributed by atoms with Gasteiger partial charge in [0, 0.05) is 0 Å². The molecule has 5 nitrogen and oxygen atoms in total. The maximum atomic E-state index is 11.1. The summed E-state index contributed by atoms with van der Waals surface area (Å²) in [7, 11) is 1.24. The molecule has 2 aromatic rings. The summed E-state index contributed by atoms with van der Waals surface area (Å²) in [5.41, 5.74) is 6.50. The van der Waals surface area contributed by atoms with Gasteiger partial charge in [0.1, 0.15) is 4.88 Å². The first kappa shape index (κ1) is 11.4. The highest BCUT2D eigenvalue weighted by atomic mass is 32.1. The van der Waals surface area contributed by atoms with Crippen molar-refractivity contribution in [3.63, 3.8) is 0 Å². The summed E-state index contributed by atoms with van der Waals surface area (Å²) in [6, 6.07) is 9.43. The SMILES string of the molecule is COC(=O)Oc1nc(N)sc1-c1ccccc1. The Labute approximate surface area is 102 Å². The molecule has 2 N–H and O–H groups in total. The molecule has 0 aliphatic heterocycles. The Morgan fingerprint density at radius 1 is 1.35 bits per heavy atom. The lowest BCUT2D eigenvalue weighted by Gasteiger charge is -2.01. The Bertz CT molecular complexity index is 525. The van der Waals surface area contributed by atoms with Crippen molar-refractivity contribution in [1.29, 1.82) is 0 Å². The van der Waals surface area contributed by atoms with E-state index < -0.39 is 6.16 Å². The van der Waals surface area contributed by atoms with Gasteiger partial charge in [-0.2, -0.15) is 4.98 Å². The van der Waals surface area contributed by atoms with Crippen LogP contribution in [0.2, 0.25) is 0 Å². The summed E-state index contributed by atoms with van der Waals surface area (Å²) in [4.78, 5) is 15.7. The molecule has 1 heterocycles. The van der Waals surface area contributed by atoms with E-state index in [0.29, 0.717) is 10.0 Å². The number of thiazole rings is 1. The summed E-state index contributed by atoms with van der Waals surface area (Å²) < 4.78 is 9.34. The van der Waals surface area contributed by atoms with Crippen LogP contribution in [0.4, 0.5) is 9.93 Å². The largest absolute Gasteiger partial charge is 0.514 e. The fraction of sp³-hybridized carbons (Fsp3) is 0.0909. The minimum absolute atomic E-state index is 0.172. The molecule has 88 valence electrons. The number of nitrogen functional groups attached to an aromatic ring is 1. The Hall–Kier alpha value is -2.08. The van der Waals surface area contributed by atoms with Crippen LogP contribution in [0.15, 0.2) is 30.3 Å². The zero-order valence-corrected chi connectivity index (χ0v) is 9.86. The van der Waals surface area contributed by atoms with E-state index >= 15 is 0 Å². The molecule has 6 heteroatoms. The molecule has 0 radical (unpaired) electrons. The van der Waals surface area contributed by atoms with Gasteiger partial charge in [0.15, 0.2) is 5.13 Å². The zero-order valence-electron chi connectivity index (χ0n) is 9.04. The summed E-state index contributed by atoms with van der Waals surface area (Å²) >= 11 is 1.25. The molecule has 0 unspecified atom stereocenters. The van der Waals surface area contributed by atoms with Crippen LogP contribution in [0.25, 0.3) is 10.4 Å². The molecule has 0 aliphatic carbocycles. The summed E-state index contributed by atoms with van der Waals surface area (Å²) in [6.07, 6.45) is -0.813. The molecule has 0 amide bonds. The molecular weight excluding hydrogens is 240 g/mol. The van der Waals surface area contributed by atoms with Gasteiger partial charge < -0.3 is 15.2 Å². The van der Waals surface area contributed by atoms with Crippen LogP contribution in [-0.4, -0.2) is 18.2 Å². The fourth-order valence-corrected chi connectivity index (χ4v) is 2.05. The third-order valence-corrected chi connectivity index (χ3v) is 2.91. The van der Waals surface area contributed by atoms with Gasteiger partial charge in [-0.15, -0.1) is 0 Å². The molecule has 0 fully saturated rings. The van der Waals surface area contributed by atoms with Crippen LogP contribution in [0.3, 0.4) is 0 Å². The summed E-state index contributed by atoms with van der Waals surface area (Å²) in [5.74, 6) is 0.172. The lowest BCUT2D eigenvalue weighted by atomic mass is 10.2. The second-order valence-electron chi connectivity index (χ2n) is 3.11. The number of nitrogens with zero attached hydrogens (tertiary/aromatic N) is 1. The Morgan fingerprint density at radius 2 is 2.06 bits per heavy atom. The first-order chi connectivity index (χ1) is 8.20. The van der Waals surface area contributed by atoms with E-state index in [1.807, 2.05) is 30.3 Å². The predicted octanol–water partition coefficient (Wildman–Crippen LogP) is 2.54. The van der Waals surface area contributed by atoms with Gasteiger partial charge in [-0.25, -0.2) is 4.79 Å². The maximum Gasteiger partial charge on any atom is 0.514 e. The Morgan fingerprint density at radius 3 is 2.71 bits per heavy atom. The van der Waals surface area contributed by atoms with Gasteiger partial charge in [-0.3, -0.25) is 0 Å². The topological polar surface area (TPSA) is 74.4 Å².